The zero-order chi connectivity index (χ0) is 16.2. The second-order valence-electron chi connectivity index (χ2n) is 4.73. The lowest BCUT2D eigenvalue weighted by Gasteiger charge is -2.05. The van der Waals surface area contributed by atoms with E-state index in [0.29, 0.717) is 13.2 Å². The Hall–Kier alpha value is -2.37. The number of nitrogens with zero attached hydrogens (tertiary/aromatic N) is 1. The normalized spacial score (nSPS) is 10.5. The number of benzene rings is 1. The number of hydrogen-bond donors (Lipinski definition) is 2. The molecule has 0 saturated heterocycles. The molecule has 0 radical (unpaired) electrons. The Morgan fingerprint density at radius 1 is 1.14 bits per heavy atom. The standard InChI is InChI=1S/C16H23N3O3/c1-3-5-11-22-14-8-6-13(7-9-14)12-18-19-16(21)15(20)17-10-4-2/h6-9,12H,3-5,10-11H2,1-2H3,(H,17,20)(H,19,21)/b18-12-. The Morgan fingerprint density at radius 2 is 1.86 bits per heavy atom. The molecule has 2 amide bonds. The van der Waals surface area contributed by atoms with E-state index in [1.807, 2.05) is 31.2 Å². The van der Waals surface area contributed by atoms with Crippen LogP contribution in [0.1, 0.15) is 38.7 Å². The quantitative estimate of drug-likeness (QED) is 0.333. The highest BCUT2D eigenvalue weighted by Crippen LogP contribution is 2.11. The zero-order valence-corrected chi connectivity index (χ0v) is 13.1. The maximum atomic E-state index is 11.4. The first-order chi connectivity index (χ1) is 10.7. The molecule has 0 saturated carbocycles. The summed E-state index contributed by atoms with van der Waals surface area (Å²) in [5.41, 5.74) is 2.99. The summed E-state index contributed by atoms with van der Waals surface area (Å²) in [4.78, 5) is 22.7. The van der Waals surface area contributed by atoms with Crippen LogP contribution in [-0.2, 0) is 9.59 Å². The Morgan fingerprint density at radius 3 is 2.50 bits per heavy atom. The van der Waals surface area contributed by atoms with E-state index in [9.17, 15) is 9.59 Å². The van der Waals surface area contributed by atoms with Crippen LogP contribution in [-0.4, -0.2) is 31.2 Å². The molecule has 0 aromatic heterocycles. The van der Waals surface area contributed by atoms with E-state index in [-0.39, 0.29) is 0 Å². The Kier molecular flexibility index (Phi) is 8.33. The Bertz CT molecular complexity index is 498. The maximum absolute atomic E-state index is 11.4. The van der Waals surface area contributed by atoms with Gasteiger partial charge in [-0.2, -0.15) is 5.10 Å². The Balaban J connectivity index is 2.39. The number of rotatable bonds is 8. The summed E-state index contributed by atoms with van der Waals surface area (Å²) >= 11 is 0. The van der Waals surface area contributed by atoms with Gasteiger partial charge in [-0.05, 0) is 42.7 Å². The molecule has 6 heteroatoms. The predicted octanol–water partition coefficient (Wildman–Crippen LogP) is 1.84. The van der Waals surface area contributed by atoms with Gasteiger partial charge in [-0.25, -0.2) is 5.43 Å². The van der Waals surface area contributed by atoms with E-state index in [2.05, 4.69) is 22.8 Å². The lowest BCUT2D eigenvalue weighted by Crippen LogP contribution is -2.38. The van der Waals surface area contributed by atoms with Crippen molar-refractivity contribution < 1.29 is 14.3 Å². The fraction of sp³-hybridized carbons (Fsp3) is 0.438. The van der Waals surface area contributed by atoms with Gasteiger partial charge in [0, 0.05) is 6.54 Å². The molecule has 0 spiro atoms. The van der Waals surface area contributed by atoms with E-state index >= 15 is 0 Å². The molecule has 0 fully saturated rings. The molecule has 0 unspecified atom stereocenters. The summed E-state index contributed by atoms with van der Waals surface area (Å²) in [6.07, 6.45) is 4.36. The van der Waals surface area contributed by atoms with Gasteiger partial charge in [0.1, 0.15) is 5.75 Å². The van der Waals surface area contributed by atoms with Crippen molar-refractivity contribution in [3.63, 3.8) is 0 Å². The highest BCUT2D eigenvalue weighted by Gasteiger charge is 2.10. The maximum Gasteiger partial charge on any atom is 0.329 e. The predicted molar refractivity (Wildman–Crippen MR) is 85.9 cm³/mol. The molecule has 0 atom stereocenters. The summed E-state index contributed by atoms with van der Waals surface area (Å²) in [5, 5.41) is 6.22. The number of carbonyl (C=O) groups excluding carboxylic acids is 2. The first-order valence-corrected chi connectivity index (χ1v) is 7.51. The lowest BCUT2D eigenvalue weighted by molar-refractivity contribution is -0.139. The largest absolute Gasteiger partial charge is 0.494 e. The first kappa shape index (κ1) is 17.7. The molecule has 6 nitrogen and oxygen atoms in total. The third-order valence-electron chi connectivity index (χ3n) is 2.77. The third kappa shape index (κ3) is 6.88. The monoisotopic (exact) mass is 305 g/mol. The van der Waals surface area contributed by atoms with Gasteiger partial charge in [-0.15, -0.1) is 0 Å². The molecule has 0 bridgehead atoms. The molecular weight excluding hydrogens is 282 g/mol. The lowest BCUT2D eigenvalue weighted by atomic mass is 10.2. The average molecular weight is 305 g/mol. The summed E-state index contributed by atoms with van der Waals surface area (Å²) < 4.78 is 5.55. The van der Waals surface area contributed by atoms with Crippen molar-refractivity contribution in [2.24, 2.45) is 5.10 Å². The smallest absolute Gasteiger partial charge is 0.329 e. The van der Waals surface area contributed by atoms with Crippen LogP contribution < -0.4 is 15.5 Å². The summed E-state index contributed by atoms with van der Waals surface area (Å²) in [6, 6.07) is 7.34. The fourth-order valence-corrected chi connectivity index (χ4v) is 1.52. The Labute approximate surface area is 130 Å². The van der Waals surface area contributed by atoms with Crippen LogP contribution in [0.25, 0.3) is 0 Å². The molecule has 1 rings (SSSR count). The molecule has 0 aliphatic carbocycles. The van der Waals surface area contributed by atoms with Crippen molar-refractivity contribution in [3.05, 3.63) is 29.8 Å². The molecule has 22 heavy (non-hydrogen) atoms. The summed E-state index contributed by atoms with van der Waals surface area (Å²) in [6.45, 7) is 5.19. The van der Waals surface area contributed by atoms with Gasteiger partial charge in [-0.3, -0.25) is 9.59 Å². The minimum atomic E-state index is -0.774. The van der Waals surface area contributed by atoms with Gasteiger partial charge in [0.2, 0.25) is 0 Å². The van der Waals surface area contributed by atoms with Crippen molar-refractivity contribution in [1.82, 2.24) is 10.7 Å². The fourth-order valence-electron chi connectivity index (χ4n) is 1.52. The van der Waals surface area contributed by atoms with Gasteiger partial charge in [0.25, 0.3) is 0 Å². The molecule has 1 aromatic rings. The molecule has 2 N–H and O–H groups in total. The van der Waals surface area contributed by atoms with E-state index in [1.165, 1.54) is 6.21 Å². The summed E-state index contributed by atoms with van der Waals surface area (Å²) in [5.74, 6) is -0.656. The van der Waals surface area contributed by atoms with E-state index in [1.54, 1.807) is 0 Å². The van der Waals surface area contributed by atoms with Gasteiger partial charge in [0.15, 0.2) is 0 Å². The van der Waals surface area contributed by atoms with Crippen LogP contribution >= 0.6 is 0 Å². The number of nitrogens with one attached hydrogen (secondary N) is 2. The van der Waals surface area contributed by atoms with Crippen LogP contribution in [0.4, 0.5) is 0 Å². The second-order valence-corrected chi connectivity index (χ2v) is 4.73. The van der Waals surface area contributed by atoms with Crippen molar-refractivity contribution in [2.75, 3.05) is 13.2 Å². The van der Waals surface area contributed by atoms with Crippen molar-refractivity contribution in [1.29, 1.82) is 0 Å². The minimum absolute atomic E-state index is 0.468. The number of unbranched alkanes of at least 4 members (excludes halogenated alkanes) is 1. The number of amides is 2. The van der Waals surface area contributed by atoms with Crippen LogP contribution in [0.15, 0.2) is 29.4 Å². The summed E-state index contributed by atoms with van der Waals surface area (Å²) in [7, 11) is 0. The van der Waals surface area contributed by atoms with Gasteiger partial charge < -0.3 is 10.1 Å². The van der Waals surface area contributed by atoms with Crippen LogP contribution in [0.5, 0.6) is 5.75 Å². The second kappa shape index (κ2) is 10.4. The van der Waals surface area contributed by atoms with Crippen molar-refractivity contribution >= 4 is 18.0 Å². The molecule has 0 heterocycles. The van der Waals surface area contributed by atoms with Crippen molar-refractivity contribution in [2.45, 2.75) is 33.1 Å². The molecule has 0 aliphatic heterocycles. The van der Waals surface area contributed by atoms with E-state index < -0.39 is 11.8 Å². The number of hydrazone groups is 1. The third-order valence-corrected chi connectivity index (χ3v) is 2.77. The first-order valence-electron chi connectivity index (χ1n) is 7.51. The zero-order valence-electron chi connectivity index (χ0n) is 13.1. The highest BCUT2D eigenvalue weighted by molar-refractivity contribution is 6.35. The van der Waals surface area contributed by atoms with Crippen LogP contribution in [0.2, 0.25) is 0 Å². The molecular formula is C16H23N3O3. The minimum Gasteiger partial charge on any atom is -0.494 e. The van der Waals surface area contributed by atoms with Gasteiger partial charge in [0.05, 0.1) is 12.8 Å². The number of carbonyl (C=O) groups is 2. The van der Waals surface area contributed by atoms with Crippen molar-refractivity contribution in [3.8, 4) is 5.75 Å². The number of ether oxygens (including phenoxy) is 1. The van der Waals surface area contributed by atoms with Crippen LogP contribution in [0.3, 0.4) is 0 Å². The van der Waals surface area contributed by atoms with Crippen LogP contribution in [0, 0.1) is 0 Å². The average Bonchev–Trinajstić information content (AvgIpc) is 2.54. The van der Waals surface area contributed by atoms with E-state index in [0.717, 1.165) is 30.6 Å². The molecule has 1 aromatic carbocycles. The number of hydrogen-bond acceptors (Lipinski definition) is 4. The topological polar surface area (TPSA) is 79.8 Å². The molecule has 0 aliphatic rings. The van der Waals surface area contributed by atoms with E-state index in [4.69, 9.17) is 4.74 Å². The molecule has 120 valence electrons. The van der Waals surface area contributed by atoms with Gasteiger partial charge in [-0.1, -0.05) is 20.3 Å². The highest BCUT2D eigenvalue weighted by atomic mass is 16.5. The van der Waals surface area contributed by atoms with Gasteiger partial charge >= 0.3 is 11.8 Å². The SMILES string of the molecule is CCCCOc1ccc(/C=N\NC(=O)C(=O)NCCC)cc1.